The molecule has 17 heteroatoms. The number of ether oxygens (including phenoxy) is 4. The number of imidazole rings is 2. The maximum atomic E-state index is 14.6. The highest BCUT2D eigenvalue weighted by molar-refractivity contribution is 5.89. The molecule has 1 unspecified atom stereocenters. The summed E-state index contributed by atoms with van der Waals surface area (Å²) in [5, 5.41) is 5.77. The molecule has 69 heavy (non-hydrogen) atoms. The number of alkyl carbamates (subject to hydrolysis) is 2. The van der Waals surface area contributed by atoms with Crippen LogP contribution in [0.1, 0.15) is 115 Å². The smallest absolute Gasteiger partial charge is 0.407 e. The van der Waals surface area contributed by atoms with E-state index in [0.717, 1.165) is 89.6 Å². The van der Waals surface area contributed by atoms with Gasteiger partial charge in [-0.2, -0.15) is 0 Å². The number of benzene rings is 2. The maximum Gasteiger partial charge on any atom is 0.407 e. The van der Waals surface area contributed by atoms with Crippen LogP contribution in [-0.4, -0.2) is 131 Å². The van der Waals surface area contributed by atoms with Crippen LogP contribution < -0.4 is 15.5 Å². The largest absolute Gasteiger partial charge is 0.453 e. The molecule has 0 saturated carbocycles. The minimum Gasteiger partial charge on any atom is -0.453 e. The lowest BCUT2D eigenvalue weighted by molar-refractivity contribution is -0.140. The molecule has 7 heterocycles. The molecule has 5 aliphatic heterocycles. The SMILES string of the molecule is COC(=O)N[C@H](C(=O)N1[C@@H](C)CC[C@H]1c1nc(-c2ccc(-c3ccc(-c4c[nH]c([C@@H]5CC[C@H](C)N5C(=O)[C@@H](NC(=O)OC)C5C[C@@H](C)O[C@H](C)C5)n4)c4c3CCN4C)cc2)c[nH]1)C1CCO[C@H](C)C1. The van der Waals surface area contributed by atoms with Crippen LogP contribution in [-0.2, 0) is 35.0 Å². The monoisotopic (exact) mass is 948 g/mol. The van der Waals surface area contributed by atoms with Crippen LogP contribution in [0.3, 0.4) is 0 Å². The number of nitrogens with one attached hydrogen (secondary N) is 4. The number of nitrogens with zero attached hydrogens (tertiary/aromatic N) is 5. The summed E-state index contributed by atoms with van der Waals surface area (Å²) < 4.78 is 21.7. The first-order chi connectivity index (χ1) is 33.2. The molecule has 370 valence electrons. The zero-order chi connectivity index (χ0) is 48.7. The minimum absolute atomic E-state index is 0.00368. The molecule has 4 aromatic rings. The number of hydrogen-bond acceptors (Lipinski definition) is 11. The van der Waals surface area contributed by atoms with Crippen molar-refractivity contribution in [1.29, 1.82) is 0 Å². The van der Waals surface area contributed by atoms with E-state index in [1.54, 1.807) is 0 Å². The van der Waals surface area contributed by atoms with Gasteiger partial charge in [0, 0.05) is 61.5 Å². The molecule has 2 aromatic carbocycles. The highest BCUT2D eigenvalue weighted by Gasteiger charge is 2.46. The molecule has 4 saturated heterocycles. The molecule has 9 rings (SSSR count). The lowest BCUT2D eigenvalue weighted by atomic mass is 9.85. The zero-order valence-electron chi connectivity index (χ0n) is 41.2. The third kappa shape index (κ3) is 9.68. The van der Waals surface area contributed by atoms with Gasteiger partial charge in [-0.1, -0.05) is 36.4 Å². The third-order valence-corrected chi connectivity index (χ3v) is 15.5. The molecule has 4 amide bonds. The normalized spacial score (nSPS) is 27.7. The van der Waals surface area contributed by atoms with Crippen molar-refractivity contribution < 1.29 is 38.1 Å². The predicted octanol–water partition coefficient (Wildman–Crippen LogP) is 7.70. The van der Waals surface area contributed by atoms with Gasteiger partial charge < -0.3 is 54.2 Å². The fraction of sp³-hybridized carbons (Fsp3) is 0.577. The second-order valence-corrected chi connectivity index (χ2v) is 20.1. The number of aromatic amines is 2. The summed E-state index contributed by atoms with van der Waals surface area (Å²) in [6.45, 7) is 11.6. The summed E-state index contributed by atoms with van der Waals surface area (Å²) in [7, 11) is 4.76. The summed E-state index contributed by atoms with van der Waals surface area (Å²) >= 11 is 0. The van der Waals surface area contributed by atoms with Gasteiger partial charge in [0.1, 0.15) is 23.7 Å². The zero-order valence-corrected chi connectivity index (χ0v) is 41.2. The Bertz CT molecular complexity index is 2500. The fourth-order valence-corrected chi connectivity index (χ4v) is 12.1. The van der Waals surface area contributed by atoms with Crippen LogP contribution in [0.15, 0.2) is 48.8 Å². The number of H-pyrrole nitrogens is 2. The Hall–Kier alpha value is -5.94. The number of anilines is 1. The Morgan fingerprint density at radius 1 is 0.667 bits per heavy atom. The standard InChI is InChI=1S/C52H69N9O8/c1-28-9-17-42(60(28)49(62)44(57-51(64)66-7)35-20-22-68-30(3)23-35)47-53-26-40(55-47)34-13-11-33(12-14-34)37-15-16-39(46-38(37)19-21-59(46)6)41-27-54-48(56-41)43-18-10-29(2)61(43)50(63)45(58-52(65)67-8)36-24-31(4)69-32(5)25-36/h11-16,26-32,35-36,42-45H,9-10,17-25H2,1-8H3,(H,53,55)(H,54,56)(H,57,64)(H,58,65)/t28-,29-,30+,31+,32+,35?,42-,43-,44-,45-/m0/s1. The molecule has 10 atom stereocenters. The van der Waals surface area contributed by atoms with E-state index >= 15 is 0 Å². The first-order valence-electron chi connectivity index (χ1n) is 24.9. The number of carbonyl (C=O) groups excluding carboxylic acids is 4. The first-order valence-corrected chi connectivity index (χ1v) is 24.9. The van der Waals surface area contributed by atoms with Gasteiger partial charge in [-0.05, 0) is 121 Å². The van der Waals surface area contributed by atoms with Crippen molar-refractivity contribution in [2.24, 2.45) is 11.8 Å². The van der Waals surface area contributed by atoms with Crippen molar-refractivity contribution in [3.8, 4) is 33.6 Å². The summed E-state index contributed by atoms with van der Waals surface area (Å²) in [6, 6.07) is 10.8. The Labute approximate surface area is 404 Å². The second kappa shape index (κ2) is 20.2. The van der Waals surface area contributed by atoms with Crippen molar-refractivity contribution in [1.82, 2.24) is 40.4 Å². The molecule has 17 nitrogen and oxygen atoms in total. The molecular formula is C52H69N9O8. The number of hydrogen-bond donors (Lipinski definition) is 4. The average Bonchev–Trinajstić information content (AvgIpc) is 4.21. The van der Waals surface area contributed by atoms with Crippen molar-refractivity contribution in [3.05, 3.63) is 66.0 Å². The molecule has 0 aliphatic carbocycles. The number of aromatic nitrogens is 4. The van der Waals surface area contributed by atoms with Crippen LogP contribution in [0.25, 0.3) is 33.6 Å². The van der Waals surface area contributed by atoms with E-state index in [9.17, 15) is 19.2 Å². The van der Waals surface area contributed by atoms with Crippen LogP contribution >= 0.6 is 0 Å². The minimum atomic E-state index is -0.744. The lowest BCUT2D eigenvalue weighted by Crippen LogP contribution is -2.55. The van der Waals surface area contributed by atoms with Gasteiger partial charge in [0.15, 0.2) is 0 Å². The molecule has 0 bridgehead atoms. The Balaban J connectivity index is 0.926. The number of methoxy groups -OCH3 is 2. The van der Waals surface area contributed by atoms with Crippen LogP contribution in [0.5, 0.6) is 0 Å². The average molecular weight is 948 g/mol. The highest BCUT2D eigenvalue weighted by Crippen LogP contribution is 2.45. The Morgan fingerprint density at radius 3 is 1.77 bits per heavy atom. The number of rotatable bonds is 11. The van der Waals surface area contributed by atoms with Crippen LogP contribution in [0, 0.1) is 11.8 Å². The van der Waals surface area contributed by atoms with Gasteiger partial charge in [-0.3, -0.25) is 9.59 Å². The summed E-state index contributed by atoms with van der Waals surface area (Å²) in [5.41, 5.74) is 8.26. The van der Waals surface area contributed by atoms with Gasteiger partial charge in [-0.15, -0.1) is 0 Å². The first kappa shape index (κ1) is 48.1. The van der Waals surface area contributed by atoms with Crippen LogP contribution in [0.2, 0.25) is 0 Å². The second-order valence-electron chi connectivity index (χ2n) is 20.1. The van der Waals surface area contributed by atoms with E-state index in [1.165, 1.54) is 19.8 Å². The molecular weight excluding hydrogens is 879 g/mol. The number of likely N-dealkylation sites (N-methyl/N-ethyl adjacent to an activating group) is 1. The molecule has 2 aromatic heterocycles. The van der Waals surface area contributed by atoms with Gasteiger partial charge in [0.25, 0.3) is 0 Å². The Morgan fingerprint density at radius 2 is 1.19 bits per heavy atom. The summed E-state index contributed by atoms with van der Waals surface area (Å²) in [6.07, 6.45) is 9.27. The lowest BCUT2D eigenvalue weighted by Gasteiger charge is -2.39. The molecule has 4 N–H and O–H groups in total. The molecule has 0 spiro atoms. The van der Waals surface area contributed by atoms with Gasteiger partial charge >= 0.3 is 12.2 Å². The number of likely N-dealkylation sites (tertiary alicyclic amines) is 2. The summed E-state index contributed by atoms with van der Waals surface area (Å²) in [4.78, 5) is 77.4. The topological polar surface area (TPSA) is 196 Å². The number of fused-ring (bicyclic) bond motifs is 1. The van der Waals surface area contributed by atoms with Crippen molar-refractivity contribution >= 4 is 29.7 Å². The molecule has 0 radical (unpaired) electrons. The maximum absolute atomic E-state index is 14.6. The van der Waals surface area contributed by atoms with E-state index in [4.69, 9.17) is 28.9 Å². The van der Waals surface area contributed by atoms with Crippen molar-refractivity contribution in [2.45, 2.75) is 147 Å². The van der Waals surface area contributed by atoms with E-state index in [1.807, 2.05) is 43.0 Å². The third-order valence-electron chi connectivity index (χ3n) is 15.5. The predicted molar refractivity (Wildman–Crippen MR) is 260 cm³/mol. The highest BCUT2D eigenvalue weighted by atomic mass is 16.5. The Kier molecular flexibility index (Phi) is 14.1. The van der Waals surface area contributed by atoms with Crippen molar-refractivity contribution in [2.75, 3.05) is 39.3 Å². The number of amides is 4. The molecule has 5 aliphatic rings. The van der Waals surface area contributed by atoms with E-state index in [2.05, 4.69) is 82.8 Å². The summed E-state index contributed by atoms with van der Waals surface area (Å²) in [5.74, 6) is 1.05. The van der Waals surface area contributed by atoms with E-state index < -0.39 is 24.3 Å². The van der Waals surface area contributed by atoms with Gasteiger partial charge in [0.05, 0.1) is 56.0 Å². The fourth-order valence-electron chi connectivity index (χ4n) is 12.1. The number of carbonyl (C=O) groups is 4. The van der Waals surface area contributed by atoms with E-state index in [-0.39, 0.29) is 66.1 Å². The molecule has 4 fully saturated rings. The quantitative estimate of drug-likeness (QED) is 0.115. The van der Waals surface area contributed by atoms with Gasteiger partial charge in [-0.25, -0.2) is 19.6 Å². The van der Waals surface area contributed by atoms with Gasteiger partial charge in [0.2, 0.25) is 11.8 Å². The van der Waals surface area contributed by atoms with Crippen LogP contribution in [0.4, 0.5) is 15.3 Å². The van der Waals surface area contributed by atoms with E-state index in [0.29, 0.717) is 32.3 Å². The van der Waals surface area contributed by atoms with Crippen molar-refractivity contribution in [3.63, 3.8) is 0 Å².